The fourth-order valence-electron chi connectivity index (χ4n) is 3.42. The fraction of sp³-hybridized carbons (Fsp3) is 0.600. The number of carboxylic acid groups (broad SMARTS) is 3. The highest BCUT2D eigenvalue weighted by molar-refractivity contribution is 7.86. The minimum absolute atomic E-state index is 0.346. The van der Waals surface area contributed by atoms with Crippen LogP contribution in [0.2, 0.25) is 0 Å². The van der Waals surface area contributed by atoms with Gasteiger partial charge in [0.05, 0.1) is 5.75 Å². The van der Waals surface area contributed by atoms with Crippen molar-refractivity contribution in [2.24, 2.45) is 5.92 Å². The summed E-state index contributed by atoms with van der Waals surface area (Å²) in [6.07, 6.45) is 0. The van der Waals surface area contributed by atoms with Gasteiger partial charge in [-0.15, -0.1) is 0 Å². The van der Waals surface area contributed by atoms with E-state index in [2.05, 4.69) is 0 Å². The highest BCUT2D eigenvalue weighted by Gasteiger charge is 2.91. The van der Waals surface area contributed by atoms with E-state index >= 15 is 0 Å². The molecule has 5 N–H and O–H groups in total. The van der Waals surface area contributed by atoms with Gasteiger partial charge in [-0.3, -0.25) is 33.2 Å². The number of carboxylic acids is 3. The number of rotatable bonds is 8. The van der Waals surface area contributed by atoms with Crippen molar-refractivity contribution in [2.45, 2.75) is 22.9 Å². The third-order valence-electron chi connectivity index (χ3n) is 4.27. The van der Waals surface area contributed by atoms with Gasteiger partial charge in [0, 0.05) is 0 Å². The molecular formula is C10H11NO13S2. The molecule has 6 atom stereocenters. The van der Waals surface area contributed by atoms with Crippen LogP contribution in [0.4, 0.5) is 0 Å². The maximum Gasteiger partial charge on any atom is 0.323 e. The molecule has 2 fully saturated rings. The highest BCUT2D eigenvalue weighted by atomic mass is 32.2. The minimum atomic E-state index is -5.35. The Hall–Kier alpha value is -2.14. The first-order valence-corrected chi connectivity index (χ1v) is 9.62. The largest absolute Gasteiger partial charge is 0.481 e. The van der Waals surface area contributed by atoms with Crippen LogP contribution in [-0.4, -0.2) is 98.5 Å². The molecule has 0 radical (unpaired) electrons. The van der Waals surface area contributed by atoms with E-state index in [-0.39, 0.29) is 0 Å². The summed E-state index contributed by atoms with van der Waals surface area (Å²) < 4.78 is 62.9. The molecule has 26 heavy (non-hydrogen) atoms. The van der Waals surface area contributed by atoms with Gasteiger partial charge >= 0.3 is 17.9 Å². The van der Waals surface area contributed by atoms with Crippen molar-refractivity contribution in [2.75, 3.05) is 5.75 Å². The Balaban J connectivity index is 2.59. The van der Waals surface area contributed by atoms with E-state index in [0.29, 0.717) is 4.90 Å². The molecule has 2 saturated heterocycles. The third kappa shape index (κ3) is 2.75. The highest BCUT2D eigenvalue weighted by Crippen LogP contribution is 2.61. The molecule has 16 heteroatoms. The lowest BCUT2D eigenvalue weighted by molar-refractivity contribution is -0.150. The molecule has 0 aromatic rings. The van der Waals surface area contributed by atoms with Crippen molar-refractivity contribution in [3.63, 3.8) is 0 Å². The zero-order chi connectivity index (χ0) is 20.4. The lowest BCUT2D eigenvalue weighted by Gasteiger charge is -2.39. The zero-order valence-corrected chi connectivity index (χ0v) is 13.9. The van der Waals surface area contributed by atoms with Gasteiger partial charge < -0.3 is 15.3 Å². The quantitative estimate of drug-likeness (QED) is 0.145. The van der Waals surface area contributed by atoms with Gasteiger partial charge in [0.25, 0.3) is 20.2 Å². The molecule has 0 amide bonds. The van der Waals surface area contributed by atoms with Crippen molar-refractivity contribution in [3.05, 3.63) is 0 Å². The van der Waals surface area contributed by atoms with Crippen molar-refractivity contribution in [1.82, 2.24) is 4.90 Å². The van der Waals surface area contributed by atoms with Crippen LogP contribution in [0, 0.1) is 5.92 Å². The van der Waals surface area contributed by atoms with E-state index in [0.717, 1.165) is 0 Å². The molecule has 6 unspecified atom stereocenters. The van der Waals surface area contributed by atoms with Crippen LogP contribution in [0.25, 0.3) is 0 Å². The summed E-state index contributed by atoms with van der Waals surface area (Å²) in [7, 11) is -10.4. The number of Topliss-reactive ketones (excluding diaryl/α,β-unsaturated/α-hetero) is 1. The second-order valence-electron chi connectivity index (χ2n) is 5.70. The maximum absolute atomic E-state index is 12.5. The van der Waals surface area contributed by atoms with Gasteiger partial charge in [0.2, 0.25) is 0 Å². The van der Waals surface area contributed by atoms with Crippen molar-refractivity contribution < 1.29 is 60.4 Å². The van der Waals surface area contributed by atoms with E-state index in [1.165, 1.54) is 0 Å². The van der Waals surface area contributed by atoms with Crippen molar-refractivity contribution in [3.8, 4) is 0 Å². The minimum Gasteiger partial charge on any atom is -0.481 e. The van der Waals surface area contributed by atoms with Crippen LogP contribution in [-0.2, 0) is 39.4 Å². The van der Waals surface area contributed by atoms with Gasteiger partial charge in [-0.1, -0.05) is 0 Å². The topological polar surface area (TPSA) is 241 Å². The van der Waals surface area contributed by atoms with Gasteiger partial charge in [-0.25, -0.2) is 0 Å². The summed E-state index contributed by atoms with van der Waals surface area (Å²) in [5.41, 5.74) is -2.77. The number of hydrogen-bond acceptors (Lipinski definition) is 9. The molecule has 0 saturated carbocycles. The van der Waals surface area contributed by atoms with E-state index in [1.807, 2.05) is 0 Å². The van der Waals surface area contributed by atoms with E-state index in [9.17, 15) is 40.6 Å². The first-order chi connectivity index (χ1) is 11.6. The van der Waals surface area contributed by atoms with E-state index < -0.39 is 78.5 Å². The van der Waals surface area contributed by atoms with Crippen molar-refractivity contribution >= 4 is 43.9 Å². The Morgan fingerprint density at radius 3 is 1.77 bits per heavy atom. The normalized spacial score (nSPS) is 34.1. The second-order valence-corrected chi connectivity index (χ2v) is 8.73. The average Bonchev–Trinajstić information content (AvgIpc) is 2.94. The molecule has 0 aromatic heterocycles. The van der Waals surface area contributed by atoms with Crippen LogP contribution >= 0.6 is 0 Å². The van der Waals surface area contributed by atoms with Crippen LogP contribution in [0.1, 0.15) is 0 Å². The van der Waals surface area contributed by atoms with Crippen LogP contribution in [0.5, 0.6) is 0 Å². The van der Waals surface area contributed by atoms with Gasteiger partial charge in [0.15, 0.2) is 5.78 Å². The molecule has 2 heterocycles. The van der Waals surface area contributed by atoms with Crippen LogP contribution in [0.3, 0.4) is 0 Å². The second kappa shape index (κ2) is 5.68. The summed E-state index contributed by atoms with van der Waals surface area (Å²) in [6.45, 7) is 0. The fourth-order valence-corrected chi connectivity index (χ4v) is 5.53. The Kier molecular flexibility index (Phi) is 4.41. The number of ketones is 1. The third-order valence-corrected chi connectivity index (χ3v) is 6.28. The van der Waals surface area contributed by atoms with Gasteiger partial charge in [-0.05, 0) is 0 Å². The smallest absolute Gasteiger partial charge is 0.323 e. The molecule has 0 aliphatic carbocycles. The summed E-state index contributed by atoms with van der Waals surface area (Å²) in [5.74, 6) is -12.0. The number of carbonyl (C=O) groups is 4. The monoisotopic (exact) mass is 417 g/mol. The van der Waals surface area contributed by atoms with Crippen molar-refractivity contribution in [1.29, 1.82) is 0 Å². The summed E-state index contributed by atoms with van der Waals surface area (Å²) in [6, 6.07) is -4.26. The first kappa shape index (κ1) is 20.2. The lowest BCUT2D eigenvalue weighted by atomic mass is 9.81. The predicted molar refractivity (Wildman–Crippen MR) is 75.3 cm³/mol. The van der Waals surface area contributed by atoms with Crippen LogP contribution in [0.15, 0.2) is 0 Å². The molecule has 2 aliphatic heterocycles. The molecule has 2 aliphatic rings. The van der Waals surface area contributed by atoms with Gasteiger partial charge in [-0.2, -0.15) is 16.8 Å². The first-order valence-electron chi connectivity index (χ1n) is 6.51. The molecular weight excluding hydrogens is 406 g/mol. The SMILES string of the molecule is O=C(O)C(CS(=O)(=O)O)C(=O)C12C(C(=O)O)N1C(C(=O)O)C2S(=O)(=O)O. The molecule has 0 spiro atoms. The number of aliphatic carboxylic acids is 3. The van der Waals surface area contributed by atoms with E-state index in [4.69, 9.17) is 19.9 Å². The van der Waals surface area contributed by atoms with E-state index in [1.54, 1.807) is 0 Å². The Labute approximate surface area is 144 Å². The summed E-state index contributed by atoms with van der Waals surface area (Å²) in [5, 5.41) is 24.6. The summed E-state index contributed by atoms with van der Waals surface area (Å²) >= 11 is 0. The Morgan fingerprint density at radius 2 is 1.46 bits per heavy atom. The number of fused-ring (bicyclic) bond motifs is 1. The number of nitrogens with zero attached hydrogens (tertiary/aromatic N) is 1. The molecule has 146 valence electrons. The predicted octanol–water partition coefficient (Wildman–Crippen LogP) is -3.63. The Morgan fingerprint density at radius 1 is 0.962 bits per heavy atom. The lowest BCUT2D eigenvalue weighted by Crippen LogP contribution is -2.69. The molecule has 14 nitrogen and oxygen atoms in total. The summed E-state index contributed by atoms with van der Waals surface area (Å²) in [4.78, 5) is 46.5. The molecule has 0 bridgehead atoms. The Bertz CT molecular complexity index is 921. The number of carbonyl (C=O) groups excluding carboxylic acids is 1. The standard InChI is InChI=1S/C10H11NO13S2/c12-5(2(7(13)14)1-25(19,20)21)10-4(9(17)18)11(10)3(8(15)16)6(10)26(22,23)24/h2-4,6H,1H2,(H,13,14)(H,15,16)(H,17,18)(H,19,20,21)(H,22,23,24). The van der Waals surface area contributed by atoms with Gasteiger partial charge in [0.1, 0.15) is 28.8 Å². The van der Waals surface area contributed by atoms with Crippen LogP contribution < -0.4 is 0 Å². The molecule has 2 rings (SSSR count). The number of hydrogen-bond donors (Lipinski definition) is 5. The molecule has 0 aromatic carbocycles. The average molecular weight is 417 g/mol. The zero-order valence-electron chi connectivity index (χ0n) is 12.3. The maximum atomic E-state index is 12.5.